The second-order valence-electron chi connectivity index (χ2n) is 6.59. The van der Waals surface area contributed by atoms with Crippen LogP contribution in [0.3, 0.4) is 0 Å². The summed E-state index contributed by atoms with van der Waals surface area (Å²) in [6.45, 7) is 1.90. The number of sulfonamides is 1. The molecule has 3 aromatic rings. The summed E-state index contributed by atoms with van der Waals surface area (Å²) in [5, 5.41) is 10.9. The number of rotatable bonds is 7. The normalized spacial score (nSPS) is 13.9. The first-order chi connectivity index (χ1) is 13.0. The van der Waals surface area contributed by atoms with Gasteiger partial charge in [0.1, 0.15) is 0 Å². The predicted octanol–water partition coefficient (Wildman–Crippen LogP) is 3.62. The van der Waals surface area contributed by atoms with Gasteiger partial charge in [-0.05, 0) is 36.6 Å². The molecule has 27 heavy (non-hydrogen) atoms. The van der Waals surface area contributed by atoms with E-state index in [2.05, 4.69) is 4.72 Å². The highest BCUT2D eigenvalue weighted by molar-refractivity contribution is 7.89. The zero-order chi connectivity index (χ0) is 19.3. The second kappa shape index (κ2) is 8.48. The third-order valence-corrected chi connectivity index (χ3v) is 5.96. The quantitative estimate of drug-likeness (QED) is 0.657. The van der Waals surface area contributed by atoms with Crippen molar-refractivity contribution in [1.82, 2.24) is 4.72 Å². The standard InChI is InChI=1S/C22H23NO3S/c1-17-12-14-20(15-13-17)27(25,26)23-21(16-18-8-4-2-5-9-18)22(24)19-10-6-3-7-11-19/h2-15,21-24H,16H2,1H3/t21-,22+/m0/s1. The van der Waals surface area contributed by atoms with Crippen LogP contribution >= 0.6 is 0 Å². The van der Waals surface area contributed by atoms with E-state index in [0.717, 1.165) is 11.1 Å². The minimum atomic E-state index is -3.76. The number of hydrogen-bond donors (Lipinski definition) is 2. The van der Waals surface area contributed by atoms with Gasteiger partial charge in [-0.25, -0.2) is 13.1 Å². The van der Waals surface area contributed by atoms with E-state index in [1.165, 1.54) is 0 Å². The Hall–Kier alpha value is -2.47. The summed E-state index contributed by atoms with van der Waals surface area (Å²) in [5.74, 6) is 0. The van der Waals surface area contributed by atoms with Crippen LogP contribution in [0, 0.1) is 6.92 Å². The van der Waals surface area contributed by atoms with Gasteiger partial charge in [-0.2, -0.15) is 0 Å². The van der Waals surface area contributed by atoms with Crippen molar-refractivity contribution in [3.8, 4) is 0 Å². The Morgan fingerprint density at radius 1 is 0.852 bits per heavy atom. The summed E-state index contributed by atoms with van der Waals surface area (Å²) < 4.78 is 28.4. The van der Waals surface area contributed by atoms with Crippen LogP contribution in [-0.4, -0.2) is 19.6 Å². The van der Waals surface area contributed by atoms with E-state index in [4.69, 9.17) is 0 Å². The fraction of sp³-hybridized carbons (Fsp3) is 0.182. The zero-order valence-electron chi connectivity index (χ0n) is 15.1. The van der Waals surface area contributed by atoms with E-state index < -0.39 is 22.2 Å². The molecule has 0 spiro atoms. The van der Waals surface area contributed by atoms with E-state index in [1.54, 1.807) is 36.4 Å². The number of aliphatic hydroxyl groups is 1. The Morgan fingerprint density at radius 2 is 1.41 bits per heavy atom. The smallest absolute Gasteiger partial charge is 0.240 e. The summed E-state index contributed by atoms with van der Waals surface area (Å²) in [4.78, 5) is 0.187. The molecule has 0 saturated carbocycles. The van der Waals surface area contributed by atoms with E-state index in [-0.39, 0.29) is 4.90 Å². The van der Waals surface area contributed by atoms with Crippen LogP contribution in [0.4, 0.5) is 0 Å². The van der Waals surface area contributed by atoms with Crippen LogP contribution in [0.25, 0.3) is 0 Å². The van der Waals surface area contributed by atoms with Crippen molar-refractivity contribution < 1.29 is 13.5 Å². The predicted molar refractivity (Wildman–Crippen MR) is 107 cm³/mol. The molecule has 5 heteroatoms. The van der Waals surface area contributed by atoms with Crippen molar-refractivity contribution in [2.75, 3.05) is 0 Å². The maximum Gasteiger partial charge on any atom is 0.240 e. The monoisotopic (exact) mass is 381 g/mol. The largest absolute Gasteiger partial charge is 0.387 e. The van der Waals surface area contributed by atoms with Gasteiger partial charge in [0, 0.05) is 0 Å². The Kier molecular flexibility index (Phi) is 6.06. The summed E-state index contributed by atoms with van der Waals surface area (Å²) in [5.41, 5.74) is 2.60. The summed E-state index contributed by atoms with van der Waals surface area (Å²) in [6.07, 6.45) is -0.589. The molecular weight excluding hydrogens is 358 g/mol. The molecule has 3 aromatic carbocycles. The average Bonchev–Trinajstić information content (AvgIpc) is 2.68. The zero-order valence-corrected chi connectivity index (χ0v) is 15.9. The number of aryl methyl sites for hydroxylation is 1. The first-order valence-electron chi connectivity index (χ1n) is 8.82. The molecule has 2 atom stereocenters. The molecule has 0 fully saturated rings. The average molecular weight is 381 g/mol. The Labute approximate surface area is 160 Å². The lowest BCUT2D eigenvalue weighted by Gasteiger charge is -2.24. The van der Waals surface area contributed by atoms with Crippen molar-refractivity contribution in [2.45, 2.75) is 30.4 Å². The molecule has 0 radical (unpaired) electrons. The molecule has 0 aliphatic carbocycles. The molecule has 0 unspecified atom stereocenters. The first-order valence-corrected chi connectivity index (χ1v) is 10.3. The molecule has 0 aromatic heterocycles. The summed E-state index contributed by atoms with van der Waals surface area (Å²) in [7, 11) is -3.76. The van der Waals surface area contributed by atoms with Crippen LogP contribution < -0.4 is 4.72 Å². The highest BCUT2D eigenvalue weighted by atomic mass is 32.2. The van der Waals surface area contributed by atoms with Crippen molar-refractivity contribution >= 4 is 10.0 Å². The topological polar surface area (TPSA) is 66.4 Å². The van der Waals surface area contributed by atoms with Gasteiger partial charge in [0.2, 0.25) is 10.0 Å². The summed E-state index contributed by atoms with van der Waals surface area (Å²) in [6, 6.07) is 24.6. The lowest BCUT2D eigenvalue weighted by atomic mass is 9.97. The number of hydrogen-bond acceptors (Lipinski definition) is 3. The highest BCUT2D eigenvalue weighted by Crippen LogP contribution is 2.22. The molecule has 4 nitrogen and oxygen atoms in total. The third-order valence-electron chi connectivity index (χ3n) is 4.46. The first kappa shape index (κ1) is 19.3. The van der Waals surface area contributed by atoms with E-state index >= 15 is 0 Å². The minimum absolute atomic E-state index is 0.187. The SMILES string of the molecule is Cc1ccc(S(=O)(=O)N[C@@H](Cc2ccccc2)[C@H](O)c2ccccc2)cc1. The van der Waals surface area contributed by atoms with Gasteiger partial charge in [0.15, 0.2) is 0 Å². The summed E-state index contributed by atoms with van der Waals surface area (Å²) >= 11 is 0. The third kappa shape index (κ3) is 5.04. The number of benzene rings is 3. The van der Waals surface area contributed by atoms with Crippen LogP contribution in [-0.2, 0) is 16.4 Å². The van der Waals surface area contributed by atoms with Gasteiger partial charge in [0.05, 0.1) is 17.0 Å². The maximum absolute atomic E-state index is 12.9. The molecule has 3 rings (SSSR count). The molecule has 0 saturated heterocycles. The highest BCUT2D eigenvalue weighted by Gasteiger charge is 2.27. The van der Waals surface area contributed by atoms with Gasteiger partial charge >= 0.3 is 0 Å². The van der Waals surface area contributed by atoms with Crippen molar-refractivity contribution in [2.24, 2.45) is 0 Å². The van der Waals surface area contributed by atoms with E-state index in [1.807, 2.05) is 55.5 Å². The Morgan fingerprint density at radius 3 is 2.00 bits per heavy atom. The minimum Gasteiger partial charge on any atom is -0.387 e. The van der Waals surface area contributed by atoms with Crippen molar-refractivity contribution in [3.05, 3.63) is 102 Å². The van der Waals surface area contributed by atoms with Crippen LogP contribution in [0.2, 0.25) is 0 Å². The lowest BCUT2D eigenvalue weighted by molar-refractivity contribution is 0.138. The lowest BCUT2D eigenvalue weighted by Crippen LogP contribution is -2.40. The molecule has 0 aliphatic rings. The molecule has 2 N–H and O–H groups in total. The molecule has 0 aliphatic heterocycles. The number of nitrogens with one attached hydrogen (secondary N) is 1. The fourth-order valence-electron chi connectivity index (χ4n) is 2.95. The van der Waals surface area contributed by atoms with Gasteiger partial charge in [0.25, 0.3) is 0 Å². The van der Waals surface area contributed by atoms with Crippen LogP contribution in [0.5, 0.6) is 0 Å². The second-order valence-corrected chi connectivity index (χ2v) is 8.30. The van der Waals surface area contributed by atoms with E-state index in [9.17, 15) is 13.5 Å². The molecule has 0 bridgehead atoms. The molecule has 0 amide bonds. The fourth-order valence-corrected chi connectivity index (χ4v) is 4.19. The molecular formula is C22H23NO3S. The van der Waals surface area contributed by atoms with Gasteiger partial charge < -0.3 is 5.11 Å². The Balaban J connectivity index is 1.90. The van der Waals surface area contributed by atoms with Crippen molar-refractivity contribution in [3.63, 3.8) is 0 Å². The molecule has 140 valence electrons. The van der Waals surface area contributed by atoms with Crippen LogP contribution in [0.15, 0.2) is 89.8 Å². The van der Waals surface area contributed by atoms with Crippen molar-refractivity contribution in [1.29, 1.82) is 0 Å². The number of aliphatic hydroxyl groups excluding tert-OH is 1. The van der Waals surface area contributed by atoms with E-state index in [0.29, 0.717) is 12.0 Å². The van der Waals surface area contributed by atoms with Gasteiger partial charge in [-0.1, -0.05) is 78.4 Å². The molecule has 0 heterocycles. The van der Waals surface area contributed by atoms with Crippen LogP contribution in [0.1, 0.15) is 22.8 Å². The van der Waals surface area contributed by atoms with Gasteiger partial charge in [-0.3, -0.25) is 0 Å². The maximum atomic E-state index is 12.9. The van der Waals surface area contributed by atoms with Gasteiger partial charge in [-0.15, -0.1) is 0 Å². The Bertz CT molecular complexity index is 955.